The average molecular weight is 335 g/mol. The number of anilines is 1. The predicted octanol–water partition coefficient (Wildman–Crippen LogP) is 4.04. The highest BCUT2D eigenvalue weighted by Crippen LogP contribution is 2.37. The molecule has 1 N–H and O–H groups in total. The maximum atomic E-state index is 14.1. The van der Waals surface area contributed by atoms with Crippen LogP contribution in [-0.4, -0.2) is 28.4 Å². The zero-order valence-corrected chi connectivity index (χ0v) is 13.8. The van der Waals surface area contributed by atoms with E-state index >= 15 is 0 Å². The number of carbonyl (C=O) groups excluding carboxylic acids is 1. The van der Waals surface area contributed by atoms with Crippen LogP contribution >= 0.6 is 0 Å². The summed E-state index contributed by atoms with van der Waals surface area (Å²) < 4.78 is 33.1. The van der Waals surface area contributed by atoms with Gasteiger partial charge in [0, 0.05) is 12.1 Å². The normalized spacial score (nSPS) is 14.5. The van der Waals surface area contributed by atoms with Gasteiger partial charge >= 0.3 is 6.09 Å². The summed E-state index contributed by atoms with van der Waals surface area (Å²) in [7, 11) is 0. The molecule has 1 aliphatic rings. The monoisotopic (exact) mass is 335 g/mol. The number of fused-ring (bicyclic) bond motifs is 1. The van der Waals surface area contributed by atoms with Gasteiger partial charge in [-0.1, -0.05) is 0 Å². The smallest absolute Gasteiger partial charge is 0.414 e. The summed E-state index contributed by atoms with van der Waals surface area (Å²) in [6.45, 7) is 5.76. The fourth-order valence-corrected chi connectivity index (χ4v) is 2.73. The summed E-state index contributed by atoms with van der Waals surface area (Å²) >= 11 is 0. The first-order valence-electron chi connectivity index (χ1n) is 7.79. The van der Waals surface area contributed by atoms with E-state index in [4.69, 9.17) is 4.74 Å². The number of benzene rings is 1. The number of carbonyl (C=O) groups is 1. The van der Waals surface area contributed by atoms with Crippen molar-refractivity contribution in [2.45, 2.75) is 39.2 Å². The lowest BCUT2D eigenvalue weighted by molar-refractivity contribution is 0.0578. The molecule has 1 aromatic heterocycles. The van der Waals surface area contributed by atoms with Crippen molar-refractivity contribution in [2.75, 3.05) is 11.4 Å². The summed E-state index contributed by atoms with van der Waals surface area (Å²) in [5, 5.41) is 6.95. The molecule has 7 heteroatoms. The summed E-state index contributed by atoms with van der Waals surface area (Å²) in [4.78, 5) is 13.9. The van der Waals surface area contributed by atoms with Gasteiger partial charge < -0.3 is 4.74 Å². The maximum Gasteiger partial charge on any atom is 0.414 e. The van der Waals surface area contributed by atoms with Crippen LogP contribution in [0.5, 0.6) is 0 Å². The SMILES string of the molecule is CC(C)(C)OC(=O)N1CCCc2[nH]nc(-c3cc(F)ccc3F)c21. The van der Waals surface area contributed by atoms with E-state index in [9.17, 15) is 13.6 Å². The molecule has 24 heavy (non-hydrogen) atoms. The Morgan fingerprint density at radius 3 is 2.79 bits per heavy atom. The molecule has 0 aliphatic carbocycles. The van der Waals surface area contributed by atoms with Gasteiger partial charge in [0.2, 0.25) is 0 Å². The third kappa shape index (κ3) is 3.11. The molecule has 5 nitrogen and oxygen atoms in total. The first-order chi connectivity index (χ1) is 11.3. The molecule has 1 aromatic carbocycles. The van der Waals surface area contributed by atoms with Crippen LogP contribution in [0.25, 0.3) is 11.3 Å². The fraction of sp³-hybridized carbons (Fsp3) is 0.412. The van der Waals surface area contributed by atoms with Crippen LogP contribution in [0.2, 0.25) is 0 Å². The van der Waals surface area contributed by atoms with Crippen LogP contribution in [0.15, 0.2) is 18.2 Å². The summed E-state index contributed by atoms with van der Waals surface area (Å²) in [6.07, 6.45) is 0.890. The van der Waals surface area contributed by atoms with Gasteiger partial charge in [-0.05, 0) is 51.8 Å². The molecule has 2 aromatic rings. The number of aryl methyl sites for hydroxylation is 1. The fourth-order valence-electron chi connectivity index (χ4n) is 2.73. The van der Waals surface area contributed by atoms with Gasteiger partial charge in [-0.25, -0.2) is 13.6 Å². The van der Waals surface area contributed by atoms with Crippen LogP contribution in [-0.2, 0) is 11.2 Å². The Balaban J connectivity index is 2.05. The Morgan fingerprint density at radius 1 is 1.33 bits per heavy atom. The molecule has 0 radical (unpaired) electrons. The largest absolute Gasteiger partial charge is 0.443 e. The number of nitrogens with one attached hydrogen (secondary N) is 1. The highest BCUT2D eigenvalue weighted by molar-refractivity contribution is 5.94. The number of H-pyrrole nitrogens is 1. The Hall–Kier alpha value is -2.44. The van der Waals surface area contributed by atoms with E-state index in [1.54, 1.807) is 20.8 Å². The highest BCUT2D eigenvalue weighted by atomic mass is 19.1. The molecule has 0 bridgehead atoms. The first-order valence-corrected chi connectivity index (χ1v) is 7.79. The van der Waals surface area contributed by atoms with E-state index in [1.165, 1.54) is 4.90 Å². The topological polar surface area (TPSA) is 58.2 Å². The van der Waals surface area contributed by atoms with Gasteiger partial charge in [0.1, 0.15) is 22.9 Å². The first kappa shape index (κ1) is 16.4. The number of amides is 1. The molecule has 128 valence electrons. The number of nitrogens with zero attached hydrogens (tertiary/aromatic N) is 2. The van der Waals surface area contributed by atoms with Gasteiger partial charge in [-0.3, -0.25) is 10.00 Å². The van der Waals surface area contributed by atoms with Crippen LogP contribution in [0, 0.1) is 11.6 Å². The summed E-state index contributed by atoms with van der Waals surface area (Å²) in [5.41, 5.74) is 0.754. The summed E-state index contributed by atoms with van der Waals surface area (Å²) in [5.74, 6) is -1.16. The number of hydrogen-bond donors (Lipinski definition) is 1. The van der Waals surface area contributed by atoms with Crippen molar-refractivity contribution in [3.8, 4) is 11.3 Å². The lowest BCUT2D eigenvalue weighted by Gasteiger charge is -2.30. The van der Waals surface area contributed by atoms with Crippen molar-refractivity contribution in [3.05, 3.63) is 35.5 Å². The van der Waals surface area contributed by atoms with Crippen molar-refractivity contribution in [1.29, 1.82) is 0 Å². The Morgan fingerprint density at radius 2 is 2.08 bits per heavy atom. The number of aromatic amines is 1. The minimum Gasteiger partial charge on any atom is -0.443 e. The number of halogens is 2. The third-order valence-corrected chi connectivity index (χ3v) is 3.69. The second-order valence-electron chi connectivity index (χ2n) is 6.76. The minimum atomic E-state index is -0.650. The van der Waals surface area contributed by atoms with Crippen molar-refractivity contribution in [2.24, 2.45) is 0 Å². The van der Waals surface area contributed by atoms with Crippen molar-refractivity contribution in [1.82, 2.24) is 10.2 Å². The predicted molar refractivity (Wildman–Crippen MR) is 85.8 cm³/mol. The van der Waals surface area contributed by atoms with E-state index in [0.717, 1.165) is 24.6 Å². The van der Waals surface area contributed by atoms with Crippen LogP contribution < -0.4 is 4.90 Å². The molecular weight excluding hydrogens is 316 g/mol. The number of aromatic nitrogens is 2. The van der Waals surface area contributed by atoms with Crippen molar-refractivity contribution < 1.29 is 18.3 Å². The molecule has 1 amide bonds. The molecule has 0 atom stereocenters. The molecule has 1 aliphatic heterocycles. The lowest BCUT2D eigenvalue weighted by atomic mass is 10.0. The zero-order valence-electron chi connectivity index (χ0n) is 13.8. The van der Waals surface area contributed by atoms with Gasteiger partial charge in [-0.15, -0.1) is 0 Å². The number of ether oxygens (including phenoxy) is 1. The molecule has 3 rings (SSSR count). The van der Waals surface area contributed by atoms with Gasteiger partial charge in [-0.2, -0.15) is 5.10 Å². The van der Waals surface area contributed by atoms with Gasteiger partial charge in [0.05, 0.1) is 11.4 Å². The average Bonchev–Trinajstić information content (AvgIpc) is 2.91. The van der Waals surface area contributed by atoms with Crippen molar-refractivity contribution in [3.63, 3.8) is 0 Å². The quantitative estimate of drug-likeness (QED) is 0.855. The van der Waals surface area contributed by atoms with E-state index in [2.05, 4.69) is 10.2 Å². The molecule has 2 heterocycles. The van der Waals surface area contributed by atoms with Crippen LogP contribution in [0.3, 0.4) is 0 Å². The standard InChI is InChI=1S/C17H19F2N3O2/c1-17(2,3)24-16(23)22-8-4-5-13-15(22)14(21-20-13)11-9-10(18)6-7-12(11)19/h6-7,9H,4-5,8H2,1-3H3,(H,20,21). The molecule has 0 saturated heterocycles. The molecular formula is C17H19F2N3O2. The molecule has 0 fully saturated rings. The minimum absolute atomic E-state index is 0.0166. The second kappa shape index (κ2) is 5.89. The van der Waals surface area contributed by atoms with Gasteiger partial charge in [0.15, 0.2) is 0 Å². The van der Waals surface area contributed by atoms with Crippen LogP contribution in [0.4, 0.5) is 19.3 Å². The summed E-state index contributed by atoms with van der Waals surface area (Å²) in [6, 6.07) is 3.17. The molecule has 0 spiro atoms. The van der Waals surface area contributed by atoms with E-state index in [-0.39, 0.29) is 11.3 Å². The maximum absolute atomic E-state index is 14.1. The molecule has 0 saturated carbocycles. The molecule has 0 unspecified atom stereocenters. The van der Waals surface area contributed by atoms with E-state index in [0.29, 0.717) is 24.3 Å². The number of hydrogen-bond acceptors (Lipinski definition) is 3. The highest BCUT2D eigenvalue weighted by Gasteiger charge is 2.32. The van der Waals surface area contributed by atoms with Gasteiger partial charge in [0.25, 0.3) is 0 Å². The zero-order chi connectivity index (χ0) is 17.5. The van der Waals surface area contributed by atoms with E-state index in [1.807, 2.05) is 0 Å². The Labute approximate surface area is 138 Å². The second-order valence-corrected chi connectivity index (χ2v) is 6.76. The Bertz CT molecular complexity index is 781. The Kier molecular flexibility index (Phi) is 4.03. The van der Waals surface area contributed by atoms with Crippen molar-refractivity contribution >= 4 is 11.8 Å². The lowest BCUT2D eigenvalue weighted by Crippen LogP contribution is -2.39. The third-order valence-electron chi connectivity index (χ3n) is 3.69. The van der Waals surface area contributed by atoms with Crippen LogP contribution in [0.1, 0.15) is 32.9 Å². The van der Waals surface area contributed by atoms with E-state index < -0.39 is 23.3 Å². The number of rotatable bonds is 1.